The molecule has 2 unspecified atom stereocenters. The van der Waals surface area contributed by atoms with E-state index in [1.54, 1.807) is 19.1 Å². The van der Waals surface area contributed by atoms with Crippen molar-refractivity contribution in [2.45, 2.75) is 58.8 Å². The first kappa shape index (κ1) is 51.6. The minimum atomic E-state index is -0.933. The predicted molar refractivity (Wildman–Crippen MR) is 303 cm³/mol. The number of aromatic carboxylic acids is 1. The van der Waals surface area contributed by atoms with Gasteiger partial charge in [-0.1, -0.05) is 147 Å². The molecule has 380 valence electrons. The number of amides is 2. The molecule has 3 N–H and O–H groups in total. The van der Waals surface area contributed by atoms with Crippen LogP contribution in [0, 0.1) is 0 Å². The predicted octanol–water partition coefficient (Wildman–Crippen LogP) is 14.4. The zero-order valence-corrected chi connectivity index (χ0v) is 42.9. The Morgan fingerprint density at radius 1 is 0.461 bits per heavy atom. The average Bonchev–Trinajstić information content (AvgIpc) is 4.07. The van der Waals surface area contributed by atoms with Crippen molar-refractivity contribution in [3.8, 4) is 22.3 Å². The van der Waals surface area contributed by atoms with Gasteiger partial charge in [0, 0.05) is 58.4 Å². The van der Waals surface area contributed by atoms with Gasteiger partial charge in [0.1, 0.15) is 0 Å². The summed E-state index contributed by atoms with van der Waals surface area (Å²) in [6.45, 7) is 7.63. The van der Waals surface area contributed by atoms with Gasteiger partial charge in [0.25, 0.3) is 11.8 Å². The highest BCUT2D eigenvalue weighted by molar-refractivity contribution is 5.99. The Kier molecular flexibility index (Phi) is 16.4. The highest BCUT2D eigenvalue weighted by atomic mass is 16.5. The molecule has 0 saturated heterocycles. The fraction of sp³-hybridized carbons (Fsp3) is 0.152. The number of carboxylic acids is 1. The third-order valence-corrected chi connectivity index (χ3v) is 13.8. The summed E-state index contributed by atoms with van der Waals surface area (Å²) in [6, 6.07) is 66.7. The average molecular weight is 1010 g/mol. The molecule has 2 atom stereocenters. The zero-order valence-electron chi connectivity index (χ0n) is 42.9. The molecule has 2 amide bonds. The van der Waals surface area contributed by atoms with Gasteiger partial charge in [0.05, 0.1) is 29.8 Å². The van der Waals surface area contributed by atoms with Crippen LogP contribution in [0.1, 0.15) is 109 Å². The van der Waals surface area contributed by atoms with E-state index in [0.29, 0.717) is 36.4 Å². The maximum atomic E-state index is 13.1. The number of hydrogen-bond acceptors (Lipinski definition) is 5. The molecule has 8 aromatic carbocycles. The quantitative estimate of drug-likeness (QED) is 0.0779. The van der Waals surface area contributed by atoms with E-state index < -0.39 is 5.97 Å². The van der Waals surface area contributed by atoms with Crippen LogP contribution in [0.2, 0.25) is 0 Å². The molecule has 10 aromatic rings. The van der Waals surface area contributed by atoms with Crippen molar-refractivity contribution in [2.75, 3.05) is 6.61 Å². The van der Waals surface area contributed by atoms with Crippen LogP contribution in [0.25, 0.3) is 44.1 Å². The number of hydrogen-bond donors (Lipinski definition) is 3. The fourth-order valence-electron chi connectivity index (χ4n) is 9.69. The molecule has 10 rings (SSSR count). The summed E-state index contributed by atoms with van der Waals surface area (Å²) in [5.74, 6) is -1.40. The van der Waals surface area contributed by atoms with Crippen LogP contribution in [-0.4, -0.2) is 44.6 Å². The van der Waals surface area contributed by atoms with E-state index in [0.717, 1.165) is 79.2 Å². The number of nitrogens with one attached hydrogen (secondary N) is 2. The molecule has 0 aliphatic carbocycles. The number of ether oxygens (including phenoxy) is 1. The molecule has 0 spiro atoms. The Hall–Kier alpha value is -9.28. The highest BCUT2D eigenvalue weighted by Gasteiger charge is 2.18. The Balaban J connectivity index is 0.000000186. The molecule has 0 aliphatic rings. The fourth-order valence-corrected chi connectivity index (χ4v) is 9.69. The number of carbonyl (C=O) groups is 4. The van der Waals surface area contributed by atoms with Gasteiger partial charge in [-0.15, -0.1) is 0 Å². The summed E-state index contributed by atoms with van der Waals surface area (Å²) in [6.07, 6.45) is 5.73. The third-order valence-electron chi connectivity index (χ3n) is 13.8. The van der Waals surface area contributed by atoms with Crippen molar-refractivity contribution in [1.82, 2.24) is 19.8 Å². The van der Waals surface area contributed by atoms with Gasteiger partial charge in [-0.25, -0.2) is 9.59 Å². The van der Waals surface area contributed by atoms with Crippen LogP contribution in [0.15, 0.2) is 219 Å². The summed E-state index contributed by atoms with van der Waals surface area (Å²) >= 11 is 0. The van der Waals surface area contributed by atoms with E-state index in [1.165, 1.54) is 0 Å². The highest BCUT2D eigenvalue weighted by Crippen LogP contribution is 2.30. The number of aromatic nitrogens is 2. The van der Waals surface area contributed by atoms with Crippen molar-refractivity contribution in [2.24, 2.45) is 0 Å². The zero-order chi connectivity index (χ0) is 53.0. The topological polar surface area (TPSA) is 132 Å². The molecular formula is C66H60N4O6. The van der Waals surface area contributed by atoms with E-state index in [2.05, 4.69) is 70.1 Å². The number of nitrogens with zero attached hydrogens (tertiary/aromatic N) is 2. The van der Waals surface area contributed by atoms with Gasteiger partial charge in [0.15, 0.2) is 0 Å². The van der Waals surface area contributed by atoms with E-state index in [-0.39, 0.29) is 35.4 Å². The van der Waals surface area contributed by atoms with Crippen molar-refractivity contribution in [1.29, 1.82) is 0 Å². The molecule has 2 heterocycles. The van der Waals surface area contributed by atoms with Gasteiger partial charge in [-0.2, -0.15) is 0 Å². The van der Waals surface area contributed by atoms with Gasteiger partial charge >= 0.3 is 11.9 Å². The summed E-state index contributed by atoms with van der Waals surface area (Å²) in [5, 5.41) is 17.6. The molecular weight excluding hydrogens is 945 g/mol. The first-order valence-corrected chi connectivity index (χ1v) is 25.8. The van der Waals surface area contributed by atoms with Crippen LogP contribution >= 0.6 is 0 Å². The minimum absolute atomic E-state index is 0.0261. The lowest BCUT2D eigenvalue weighted by molar-refractivity contribution is 0.0525. The standard InChI is InChI=1S/C34H32N2O3.C32H28N2O3/c1-3-31(25-10-6-5-7-11-25)35-33(37)28-18-19-32-27(22-28)20-21-36(32)23-29-12-8-9-13-30(29)24-14-16-26(17-15-24)34(38)39-4-2;1-2-29(23-8-4-3-5-9-23)33-31(35)26-16-17-30-25(20-26)18-19-34(30)21-27-10-6-7-11-28(27)22-12-14-24(15-13-22)32(36)37/h5-22,31H,3-4,23H2,1-2H3,(H,35,37);3-20,29H,2,21H2,1H3,(H,33,35)(H,36,37). The van der Waals surface area contributed by atoms with Gasteiger partial charge in [0.2, 0.25) is 0 Å². The van der Waals surface area contributed by atoms with Crippen LogP contribution < -0.4 is 10.6 Å². The molecule has 0 radical (unpaired) electrons. The molecule has 0 saturated carbocycles. The molecule has 2 aromatic heterocycles. The van der Waals surface area contributed by atoms with Crippen molar-refractivity contribution < 1.29 is 29.0 Å². The SMILES string of the molecule is CCC(NC(=O)c1ccc2c(ccn2Cc2ccccc2-c2ccc(C(=O)O)cc2)c1)c1ccccc1.CCOC(=O)c1ccc(-c2ccccc2Cn2ccc3cc(C(=O)NC(CC)c4ccccc4)ccc32)cc1. The molecule has 76 heavy (non-hydrogen) atoms. The normalized spacial score (nSPS) is 11.8. The van der Waals surface area contributed by atoms with Gasteiger partial charge in [-0.05, 0) is 137 Å². The summed E-state index contributed by atoms with van der Waals surface area (Å²) in [7, 11) is 0. The largest absolute Gasteiger partial charge is 0.478 e. The van der Waals surface area contributed by atoms with Crippen molar-refractivity contribution >= 4 is 45.6 Å². The smallest absolute Gasteiger partial charge is 0.338 e. The Morgan fingerprint density at radius 3 is 1.26 bits per heavy atom. The Morgan fingerprint density at radius 2 is 0.855 bits per heavy atom. The third kappa shape index (κ3) is 12.0. The van der Waals surface area contributed by atoms with Crippen molar-refractivity contribution in [3.05, 3.63) is 263 Å². The van der Waals surface area contributed by atoms with Gasteiger partial charge in [-0.3, -0.25) is 9.59 Å². The Bertz CT molecular complexity index is 3620. The Labute approximate surface area is 443 Å². The maximum absolute atomic E-state index is 13.1. The number of rotatable bonds is 17. The number of carbonyl (C=O) groups excluding carboxylic acids is 3. The van der Waals surface area contributed by atoms with Crippen LogP contribution in [0.3, 0.4) is 0 Å². The summed E-state index contributed by atoms with van der Waals surface area (Å²) in [4.78, 5) is 49.4. The molecule has 0 aliphatic heterocycles. The first-order chi connectivity index (χ1) is 37.1. The molecule has 10 heteroatoms. The lowest BCUT2D eigenvalue weighted by Gasteiger charge is -2.17. The number of benzene rings is 8. The summed E-state index contributed by atoms with van der Waals surface area (Å²) in [5.41, 5.74) is 12.9. The van der Waals surface area contributed by atoms with E-state index in [4.69, 9.17) is 4.74 Å². The lowest BCUT2D eigenvalue weighted by Crippen LogP contribution is -2.28. The second kappa shape index (κ2) is 24.2. The number of esters is 1. The molecule has 0 bridgehead atoms. The van der Waals surface area contributed by atoms with Crippen LogP contribution in [0.4, 0.5) is 0 Å². The van der Waals surface area contributed by atoms with E-state index >= 15 is 0 Å². The minimum Gasteiger partial charge on any atom is -0.478 e. The first-order valence-electron chi connectivity index (χ1n) is 25.8. The second-order valence-electron chi connectivity index (χ2n) is 18.6. The van der Waals surface area contributed by atoms with Crippen molar-refractivity contribution in [3.63, 3.8) is 0 Å². The van der Waals surface area contributed by atoms with Crippen LogP contribution in [0.5, 0.6) is 0 Å². The molecule has 10 nitrogen and oxygen atoms in total. The second-order valence-corrected chi connectivity index (χ2v) is 18.6. The van der Waals surface area contributed by atoms with E-state index in [9.17, 15) is 24.3 Å². The lowest BCUT2D eigenvalue weighted by atomic mass is 9.98. The monoisotopic (exact) mass is 1000 g/mol. The number of fused-ring (bicyclic) bond motifs is 2. The van der Waals surface area contributed by atoms with E-state index in [1.807, 2.05) is 170 Å². The van der Waals surface area contributed by atoms with Gasteiger partial charge < -0.3 is 29.6 Å². The maximum Gasteiger partial charge on any atom is 0.338 e. The van der Waals surface area contributed by atoms with Crippen LogP contribution in [-0.2, 0) is 17.8 Å². The number of carboxylic acid groups (broad SMARTS) is 1. The summed E-state index contributed by atoms with van der Waals surface area (Å²) < 4.78 is 9.47. The molecule has 0 fully saturated rings.